The molecule has 0 radical (unpaired) electrons. The molecule has 4 nitrogen and oxygen atoms in total. The van der Waals surface area contributed by atoms with Gasteiger partial charge in [-0.3, -0.25) is 0 Å². The first-order valence-corrected chi connectivity index (χ1v) is 9.82. The second-order valence-electron chi connectivity index (χ2n) is 7.94. The Bertz CT molecular complexity index is 610. The summed E-state index contributed by atoms with van der Waals surface area (Å²) in [6.45, 7) is 12.1. The smallest absolute Gasteiger partial charge is 0.410 e. The van der Waals surface area contributed by atoms with E-state index in [1.54, 1.807) is 0 Å². The zero-order valence-electron chi connectivity index (χ0n) is 16.0. The van der Waals surface area contributed by atoms with Crippen LogP contribution in [-0.4, -0.2) is 36.3 Å². The number of carbonyl (C=O) groups is 1. The van der Waals surface area contributed by atoms with Gasteiger partial charge in [-0.05, 0) is 77.0 Å². The van der Waals surface area contributed by atoms with Crippen molar-refractivity contribution in [3.8, 4) is 5.75 Å². The van der Waals surface area contributed by atoms with Crippen LogP contribution < -0.4 is 4.74 Å². The molecule has 1 heterocycles. The number of rotatable bonds is 4. The summed E-state index contributed by atoms with van der Waals surface area (Å²) in [5.74, 6) is 1.40. The first-order chi connectivity index (χ1) is 11.7. The highest BCUT2D eigenvalue weighted by atomic mass is 79.9. The number of hydrogen-bond donors (Lipinski definition) is 0. The summed E-state index contributed by atoms with van der Waals surface area (Å²) in [5.41, 5.74) is 1.92. The fourth-order valence-corrected chi connectivity index (χ4v) is 3.41. The quantitative estimate of drug-likeness (QED) is 0.657. The van der Waals surface area contributed by atoms with Gasteiger partial charge in [-0.2, -0.15) is 0 Å². The molecule has 25 heavy (non-hydrogen) atoms. The maximum absolute atomic E-state index is 12.2. The number of likely N-dealkylation sites (tertiary alicyclic amines) is 1. The third-order valence-electron chi connectivity index (χ3n) is 4.41. The molecule has 1 aromatic rings. The van der Waals surface area contributed by atoms with Crippen LogP contribution >= 0.6 is 15.9 Å². The van der Waals surface area contributed by atoms with Gasteiger partial charge >= 0.3 is 6.09 Å². The van der Waals surface area contributed by atoms with Gasteiger partial charge in [-0.15, -0.1) is 0 Å². The number of amides is 1. The zero-order chi connectivity index (χ0) is 18.6. The molecule has 2 rings (SSSR count). The van der Waals surface area contributed by atoms with Gasteiger partial charge < -0.3 is 14.4 Å². The summed E-state index contributed by atoms with van der Waals surface area (Å²) in [6, 6.07) is 4.17. The Morgan fingerprint density at radius 1 is 1.28 bits per heavy atom. The lowest BCUT2D eigenvalue weighted by molar-refractivity contribution is 0.0154. The van der Waals surface area contributed by atoms with Gasteiger partial charge in [0.2, 0.25) is 0 Å². The fourth-order valence-electron chi connectivity index (χ4n) is 3.09. The van der Waals surface area contributed by atoms with Gasteiger partial charge in [-0.25, -0.2) is 4.79 Å². The summed E-state index contributed by atoms with van der Waals surface area (Å²) in [6.07, 6.45) is 2.92. The minimum Gasteiger partial charge on any atom is -0.493 e. The van der Waals surface area contributed by atoms with Crippen LogP contribution in [-0.2, 0) is 4.74 Å². The standard InChI is InChI=1S/C20H30BrNO3/c1-14-11-15(2)18(12-17(14)21)24-10-8-16-7-6-9-22(13-16)19(23)25-20(3,4)5/h11-12,16H,6-10,13H2,1-5H3. The molecule has 0 aromatic heterocycles. The maximum Gasteiger partial charge on any atom is 0.410 e. The molecule has 0 bridgehead atoms. The average molecular weight is 412 g/mol. The van der Waals surface area contributed by atoms with Crippen molar-refractivity contribution in [1.82, 2.24) is 4.90 Å². The molecule has 140 valence electrons. The number of halogens is 1. The van der Waals surface area contributed by atoms with Crippen molar-refractivity contribution in [3.05, 3.63) is 27.7 Å². The Balaban J connectivity index is 1.83. The molecule has 1 aromatic carbocycles. The van der Waals surface area contributed by atoms with E-state index in [0.29, 0.717) is 12.5 Å². The van der Waals surface area contributed by atoms with E-state index in [2.05, 4.69) is 35.8 Å². The predicted molar refractivity (Wildman–Crippen MR) is 104 cm³/mol. The van der Waals surface area contributed by atoms with E-state index < -0.39 is 5.60 Å². The van der Waals surface area contributed by atoms with Crippen LogP contribution in [0.4, 0.5) is 4.79 Å². The molecule has 1 fully saturated rings. The Labute approximate surface area is 160 Å². The highest BCUT2D eigenvalue weighted by Gasteiger charge is 2.27. The molecule has 1 atom stereocenters. The van der Waals surface area contributed by atoms with E-state index in [0.717, 1.165) is 48.1 Å². The largest absolute Gasteiger partial charge is 0.493 e. The van der Waals surface area contributed by atoms with E-state index >= 15 is 0 Å². The van der Waals surface area contributed by atoms with Crippen LogP contribution in [0, 0.1) is 19.8 Å². The van der Waals surface area contributed by atoms with Crippen LogP contribution in [0.15, 0.2) is 16.6 Å². The van der Waals surface area contributed by atoms with Gasteiger partial charge in [0.25, 0.3) is 0 Å². The maximum atomic E-state index is 12.2. The average Bonchev–Trinajstić information content (AvgIpc) is 2.51. The van der Waals surface area contributed by atoms with Crippen molar-refractivity contribution in [1.29, 1.82) is 0 Å². The number of hydrogen-bond acceptors (Lipinski definition) is 3. The molecule has 0 saturated carbocycles. The minimum absolute atomic E-state index is 0.198. The molecular formula is C20H30BrNO3. The highest BCUT2D eigenvalue weighted by molar-refractivity contribution is 9.10. The Hall–Kier alpha value is -1.23. The molecule has 1 saturated heterocycles. The highest BCUT2D eigenvalue weighted by Crippen LogP contribution is 2.28. The van der Waals surface area contributed by atoms with Crippen LogP contribution in [0.25, 0.3) is 0 Å². The van der Waals surface area contributed by atoms with Crippen molar-refractivity contribution < 1.29 is 14.3 Å². The van der Waals surface area contributed by atoms with Gasteiger partial charge in [0.15, 0.2) is 0 Å². The van der Waals surface area contributed by atoms with E-state index in [-0.39, 0.29) is 6.09 Å². The molecular weight excluding hydrogens is 382 g/mol. The molecule has 1 aliphatic rings. The van der Waals surface area contributed by atoms with Crippen molar-refractivity contribution >= 4 is 22.0 Å². The number of ether oxygens (including phenoxy) is 2. The first kappa shape index (κ1) is 20.1. The zero-order valence-corrected chi connectivity index (χ0v) is 17.6. The number of piperidine rings is 1. The summed E-state index contributed by atoms with van der Waals surface area (Å²) >= 11 is 3.56. The second kappa shape index (κ2) is 8.43. The lowest BCUT2D eigenvalue weighted by atomic mass is 9.95. The molecule has 5 heteroatoms. The molecule has 1 amide bonds. The summed E-state index contributed by atoms with van der Waals surface area (Å²) in [7, 11) is 0. The minimum atomic E-state index is -0.441. The van der Waals surface area contributed by atoms with Crippen LogP contribution in [0.1, 0.15) is 51.2 Å². The Morgan fingerprint density at radius 2 is 2.00 bits per heavy atom. The van der Waals surface area contributed by atoms with Crippen LogP contribution in [0.3, 0.4) is 0 Å². The van der Waals surface area contributed by atoms with E-state index in [1.807, 2.05) is 31.7 Å². The Kier molecular flexibility index (Phi) is 6.78. The molecule has 1 unspecified atom stereocenters. The lowest BCUT2D eigenvalue weighted by Crippen LogP contribution is -2.43. The third-order valence-corrected chi connectivity index (χ3v) is 5.26. The van der Waals surface area contributed by atoms with Gasteiger partial charge in [0.05, 0.1) is 6.61 Å². The number of carbonyl (C=O) groups excluding carboxylic acids is 1. The number of aryl methyl sites for hydroxylation is 2. The van der Waals surface area contributed by atoms with Crippen molar-refractivity contribution in [2.24, 2.45) is 5.92 Å². The van der Waals surface area contributed by atoms with Crippen molar-refractivity contribution in [2.75, 3.05) is 19.7 Å². The van der Waals surface area contributed by atoms with E-state index in [9.17, 15) is 4.79 Å². The molecule has 0 N–H and O–H groups in total. The molecule has 0 aliphatic carbocycles. The molecule has 1 aliphatic heterocycles. The van der Waals surface area contributed by atoms with E-state index in [1.165, 1.54) is 5.56 Å². The van der Waals surface area contributed by atoms with Gasteiger partial charge in [-0.1, -0.05) is 22.0 Å². The number of nitrogens with zero attached hydrogens (tertiary/aromatic N) is 1. The summed E-state index contributed by atoms with van der Waals surface area (Å²) in [4.78, 5) is 14.1. The fraction of sp³-hybridized carbons (Fsp3) is 0.650. The second-order valence-corrected chi connectivity index (χ2v) is 8.79. The van der Waals surface area contributed by atoms with Crippen molar-refractivity contribution in [2.45, 2.75) is 59.5 Å². The summed E-state index contributed by atoms with van der Waals surface area (Å²) < 4.78 is 12.5. The first-order valence-electron chi connectivity index (χ1n) is 9.03. The Morgan fingerprint density at radius 3 is 2.68 bits per heavy atom. The normalized spacial score (nSPS) is 18.2. The van der Waals surface area contributed by atoms with Gasteiger partial charge in [0.1, 0.15) is 11.4 Å². The SMILES string of the molecule is Cc1cc(C)c(OCCC2CCCN(C(=O)OC(C)(C)C)C2)cc1Br. The topological polar surface area (TPSA) is 38.8 Å². The lowest BCUT2D eigenvalue weighted by Gasteiger charge is -2.34. The number of benzene rings is 1. The van der Waals surface area contributed by atoms with Crippen molar-refractivity contribution in [3.63, 3.8) is 0 Å². The monoisotopic (exact) mass is 411 g/mol. The summed E-state index contributed by atoms with van der Waals surface area (Å²) in [5, 5.41) is 0. The van der Waals surface area contributed by atoms with E-state index in [4.69, 9.17) is 9.47 Å². The third kappa shape index (κ3) is 6.21. The predicted octanol–water partition coefficient (Wildman–Crippen LogP) is 5.48. The van der Waals surface area contributed by atoms with Crippen LogP contribution in [0.5, 0.6) is 5.75 Å². The van der Waals surface area contributed by atoms with Crippen LogP contribution in [0.2, 0.25) is 0 Å². The van der Waals surface area contributed by atoms with Gasteiger partial charge in [0, 0.05) is 17.6 Å². The molecule has 0 spiro atoms.